The van der Waals surface area contributed by atoms with E-state index in [-0.39, 0.29) is 59.1 Å². The average Bonchev–Trinajstić information content (AvgIpc) is 3.48. The fraction of sp³-hybridized carbons (Fsp3) is 0.312. The summed E-state index contributed by atoms with van der Waals surface area (Å²) in [5, 5.41) is 11.2. The lowest BCUT2D eigenvalue weighted by Gasteiger charge is -2.27. The van der Waals surface area contributed by atoms with Crippen LogP contribution in [0.5, 0.6) is 0 Å². The van der Waals surface area contributed by atoms with E-state index in [4.69, 9.17) is 0 Å². The van der Waals surface area contributed by atoms with Crippen LogP contribution in [-0.2, 0) is 79.5 Å². The van der Waals surface area contributed by atoms with Crippen LogP contribution in [-0.4, -0.2) is 98.1 Å². The molecule has 0 spiro atoms. The molecule has 0 aliphatic heterocycles. The molecule has 4 aromatic rings. The Kier molecular flexibility index (Phi) is 28.1. The number of carbonyl (C=O) groups excluding carboxylic acids is 12. The van der Waals surface area contributed by atoms with Gasteiger partial charge in [0.25, 0.3) is 23.1 Å². The van der Waals surface area contributed by atoms with Crippen LogP contribution in [0.2, 0.25) is 0 Å². The minimum atomic E-state index is -0.906. The number of amides is 4. The molecule has 20 heteroatoms. The highest BCUT2D eigenvalue weighted by atomic mass is 16.5. The van der Waals surface area contributed by atoms with E-state index < -0.39 is 69.2 Å². The Balaban J connectivity index is 0.000000560. The number of hydrogen-bond acceptors (Lipinski definition) is 16. The van der Waals surface area contributed by atoms with Crippen LogP contribution in [0, 0.1) is 0 Å². The van der Waals surface area contributed by atoms with Gasteiger partial charge in [0.1, 0.15) is 0 Å². The number of methoxy groups -OCH3 is 2. The van der Waals surface area contributed by atoms with E-state index in [2.05, 4.69) is 66.5 Å². The van der Waals surface area contributed by atoms with Gasteiger partial charge >= 0.3 is 23.9 Å². The van der Waals surface area contributed by atoms with Crippen molar-refractivity contribution in [3.8, 4) is 0 Å². The molecule has 0 bridgehead atoms. The van der Waals surface area contributed by atoms with Gasteiger partial charge in [0.2, 0.25) is 23.6 Å². The molecule has 0 fully saturated rings. The van der Waals surface area contributed by atoms with Crippen molar-refractivity contribution in [2.75, 3.05) is 27.4 Å². The van der Waals surface area contributed by atoms with Crippen LogP contribution < -0.4 is 21.3 Å². The average molecular weight is 1160 g/mol. The summed E-state index contributed by atoms with van der Waals surface area (Å²) in [5.74, 6) is -7.37. The summed E-state index contributed by atoms with van der Waals surface area (Å²) in [7, 11) is 2.31. The number of carbonyl (C=O) groups is 12. The number of Topliss-reactive ketones (excluding diaryl/α,β-unsaturated/α-hetero) is 4. The third-order valence-corrected chi connectivity index (χ3v) is 12.0. The molecular formula is C64H76N4O16. The van der Waals surface area contributed by atoms with Crippen LogP contribution in [0.25, 0.3) is 0 Å². The molecule has 4 aromatic carbocycles. The van der Waals surface area contributed by atoms with Crippen LogP contribution in [0.4, 0.5) is 0 Å². The topological polar surface area (TPSA) is 290 Å². The molecule has 0 radical (unpaired) electrons. The molecule has 0 aliphatic rings. The molecule has 448 valence electrons. The van der Waals surface area contributed by atoms with E-state index >= 15 is 0 Å². The van der Waals surface area contributed by atoms with Crippen molar-refractivity contribution in [1.29, 1.82) is 0 Å². The zero-order valence-corrected chi connectivity index (χ0v) is 50.2. The Hall–Kier alpha value is -9.72. The maximum Gasteiger partial charge on any atom is 0.379 e. The molecule has 0 atom stereocenters. The first-order chi connectivity index (χ1) is 39.0. The first-order valence-corrected chi connectivity index (χ1v) is 26.0. The van der Waals surface area contributed by atoms with Gasteiger partial charge in [-0.1, -0.05) is 123 Å². The Bertz CT molecular complexity index is 3130. The van der Waals surface area contributed by atoms with E-state index in [1.54, 1.807) is 88.4 Å². The van der Waals surface area contributed by atoms with Crippen molar-refractivity contribution in [2.24, 2.45) is 0 Å². The second-order valence-electron chi connectivity index (χ2n) is 20.4. The second kappa shape index (κ2) is 32.7. The zero-order valence-electron chi connectivity index (χ0n) is 50.2. The SMILES string of the molecule is C=C(C)C(=O)NC(C)(C)c1ccc(C(=O)C(=O)OC)cc1.C=C(C)C(=O)NC(C)(C)c1ccc(C(=O)C(=O)OCC)cc1.C=CC(=O)NC(C)(C)c1ccc(C(=O)C(=O)OC)cc1.C=CC(=O)NC(C)(C)c1ccc(C(=O)C(=O)OCC)cc1. The predicted octanol–water partition coefficient (Wildman–Crippen LogP) is 7.88. The smallest absolute Gasteiger partial charge is 0.379 e. The third kappa shape index (κ3) is 22.3. The number of ether oxygens (including phenoxy) is 4. The summed E-state index contributed by atoms with van der Waals surface area (Å²) >= 11 is 0. The Morgan fingerprint density at radius 2 is 0.583 bits per heavy atom. The summed E-state index contributed by atoms with van der Waals surface area (Å²) in [6, 6.07) is 25.8. The second-order valence-corrected chi connectivity index (χ2v) is 20.4. The Morgan fingerprint density at radius 1 is 0.381 bits per heavy atom. The summed E-state index contributed by atoms with van der Waals surface area (Å²) in [5.41, 5.74) is 2.57. The van der Waals surface area contributed by atoms with Crippen LogP contribution >= 0.6 is 0 Å². The number of rotatable bonds is 22. The van der Waals surface area contributed by atoms with Crippen molar-refractivity contribution in [2.45, 2.75) is 105 Å². The van der Waals surface area contributed by atoms with Gasteiger partial charge in [-0.2, -0.15) is 0 Å². The Labute approximate surface area is 490 Å². The molecule has 0 saturated heterocycles. The molecular weight excluding hydrogens is 1080 g/mol. The molecule has 0 heterocycles. The number of benzene rings is 4. The highest BCUT2D eigenvalue weighted by Crippen LogP contribution is 2.25. The fourth-order valence-corrected chi connectivity index (χ4v) is 6.99. The van der Waals surface area contributed by atoms with E-state index in [0.29, 0.717) is 11.1 Å². The van der Waals surface area contributed by atoms with E-state index in [0.717, 1.165) is 36.5 Å². The third-order valence-electron chi connectivity index (χ3n) is 12.0. The lowest BCUT2D eigenvalue weighted by Crippen LogP contribution is -2.41. The van der Waals surface area contributed by atoms with E-state index in [1.807, 2.05) is 55.4 Å². The van der Waals surface area contributed by atoms with Crippen LogP contribution in [0.3, 0.4) is 0 Å². The lowest BCUT2D eigenvalue weighted by atomic mass is 9.92. The quantitative estimate of drug-likeness (QED) is 0.0191. The standard InChI is InChI=1S/C17H21NO4.2C16H19NO4.C15H17NO4/c1-6-22-16(21)14(19)12-7-9-13(10-8-12)17(4,5)18-15(20)11(2)3;1-10(2)14(19)17-16(3,4)12-8-6-11(7-9-12)13(18)15(20)21-5;1-5-13(18)17-16(3,4)12-9-7-11(8-10-12)14(19)15(20)21-6-2;1-5-12(17)16-15(2,3)11-8-6-10(7-9-11)13(18)14(19)20-4/h7-10H,2,6H2,1,3-5H3,(H,18,20);6-9H,1H2,2-5H3,(H,17,19);5,7-10H,1,6H2,2-4H3,(H,17,18);5-9H,1H2,2-4H3,(H,16,17). The molecule has 4 rings (SSSR count). The first-order valence-electron chi connectivity index (χ1n) is 26.0. The van der Waals surface area contributed by atoms with Crippen molar-refractivity contribution in [3.05, 3.63) is 191 Å². The Morgan fingerprint density at radius 3 is 0.762 bits per heavy atom. The van der Waals surface area contributed by atoms with Gasteiger partial charge < -0.3 is 40.2 Å². The van der Waals surface area contributed by atoms with Crippen LogP contribution in [0.1, 0.15) is 147 Å². The highest BCUT2D eigenvalue weighted by molar-refractivity contribution is 6.42. The van der Waals surface area contributed by atoms with Gasteiger partial charge in [-0.25, -0.2) is 19.2 Å². The predicted molar refractivity (Wildman–Crippen MR) is 315 cm³/mol. The van der Waals surface area contributed by atoms with Gasteiger partial charge in [0.05, 0.1) is 49.6 Å². The molecule has 4 amide bonds. The summed E-state index contributed by atoms with van der Waals surface area (Å²) in [4.78, 5) is 138. The van der Waals surface area contributed by atoms with Gasteiger partial charge in [-0.05, 0) is 117 Å². The fourth-order valence-electron chi connectivity index (χ4n) is 6.99. The van der Waals surface area contributed by atoms with Crippen molar-refractivity contribution in [3.63, 3.8) is 0 Å². The molecule has 0 aromatic heterocycles. The number of esters is 4. The molecule has 0 unspecified atom stereocenters. The molecule has 84 heavy (non-hydrogen) atoms. The zero-order chi connectivity index (χ0) is 64.5. The molecule has 0 aliphatic carbocycles. The minimum Gasteiger partial charge on any atom is -0.463 e. The largest absolute Gasteiger partial charge is 0.463 e. The molecule has 20 nitrogen and oxygen atoms in total. The molecule has 0 saturated carbocycles. The molecule has 4 N–H and O–H groups in total. The van der Waals surface area contributed by atoms with Crippen molar-refractivity contribution < 1.29 is 76.5 Å². The normalized spacial score (nSPS) is 10.6. The van der Waals surface area contributed by atoms with E-state index in [1.165, 1.54) is 48.6 Å². The highest BCUT2D eigenvalue weighted by Gasteiger charge is 2.28. The van der Waals surface area contributed by atoms with Gasteiger partial charge in [-0.3, -0.25) is 38.4 Å². The van der Waals surface area contributed by atoms with Crippen molar-refractivity contribution >= 4 is 70.6 Å². The van der Waals surface area contributed by atoms with Gasteiger partial charge in [0, 0.05) is 33.4 Å². The summed E-state index contributed by atoms with van der Waals surface area (Å²) in [6.07, 6.45) is 2.39. The number of nitrogens with one attached hydrogen (secondary N) is 4. The first kappa shape index (κ1) is 72.3. The van der Waals surface area contributed by atoms with E-state index in [9.17, 15) is 57.5 Å². The number of ketones is 4. The summed E-state index contributed by atoms with van der Waals surface area (Å²) in [6.45, 7) is 35.5. The monoisotopic (exact) mass is 1160 g/mol. The minimum absolute atomic E-state index is 0.155. The van der Waals surface area contributed by atoms with Gasteiger partial charge in [0.15, 0.2) is 0 Å². The maximum atomic E-state index is 11.8. The maximum absolute atomic E-state index is 11.8. The van der Waals surface area contributed by atoms with Crippen LogP contribution in [0.15, 0.2) is 147 Å². The lowest BCUT2D eigenvalue weighted by molar-refractivity contribution is -0.138. The summed E-state index contributed by atoms with van der Waals surface area (Å²) < 4.78 is 18.1. The van der Waals surface area contributed by atoms with Gasteiger partial charge in [-0.15, -0.1) is 0 Å². The number of hydrogen-bond donors (Lipinski definition) is 4. The van der Waals surface area contributed by atoms with Crippen molar-refractivity contribution in [1.82, 2.24) is 21.3 Å².